The number of benzene rings is 2. The van der Waals surface area contributed by atoms with Gasteiger partial charge in [0.2, 0.25) is 0 Å². The summed E-state index contributed by atoms with van der Waals surface area (Å²) < 4.78 is 0. The van der Waals surface area contributed by atoms with Crippen LogP contribution in [0.15, 0.2) is 60.7 Å². The summed E-state index contributed by atoms with van der Waals surface area (Å²) >= 11 is 0. The van der Waals surface area contributed by atoms with E-state index in [9.17, 15) is 0 Å². The lowest BCUT2D eigenvalue weighted by Crippen LogP contribution is -1.93. The van der Waals surface area contributed by atoms with E-state index in [2.05, 4.69) is 36.4 Å². The second-order valence-corrected chi connectivity index (χ2v) is 5.03. The van der Waals surface area contributed by atoms with E-state index in [1.54, 1.807) is 0 Å². The molecule has 2 aliphatic carbocycles. The summed E-state index contributed by atoms with van der Waals surface area (Å²) in [5.41, 5.74) is 4.82. The molecule has 0 atom stereocenters. The van der Waals surface area contributed by atoms with Crippen LogP contribution in [0.25, 0.3) is 11.5 Å². The van der Waals surface area contributed by atoms with E-state index in [-0.39, 0.29) is 0 Å². The molecule has 2 aliphatic rings. The number of allylic oxidation sites excluding steroid dienone is 2. The normalized spacial score (nSPS) is 15.2. The van der Waals surface area contributed by atoms with Gasteiger partial charge in [0, 0.05) is 11.1 Å². The summed E-state index contributed by atoms with van der Waals surface area (Å²) in [6.07, 6.45) is 5.94. The molecule has 2 aromatic rings. The van der Waals surface area contributed by atoms with Gasteiger partial charge in [-0.2, -0.15) is 0 Å². The van der Waals surface area contributed by atoms with Crippen LogP contribution >= 0.6 is 0 Å². The van der Waals surface area contributed by atoms with E-state index in [0.717, 1.165) is 35.5 Å². The molecule has 0 heterocycles. The third-order valence-electron chi connectivity index (χ3n) is 3.80. The van der Waals surface area contributed by atoms with Crippen LogP contribution in [0.4, 0.5) is 0 Å². The third-order valence-corrected chi connectivity index (χ3v) is 3.80. The molecule has 98 valence electrons. The Balaban J connectivity index is 1.51. The first kappa shape index (κ1) is 11.4. The lowest BCUT2D eigenvalue weighted by Gasteiger charge is -2.09. The maximum atomic E-state index is 5.56. The van der Waals surface area contributed by atoms with Crippen LogP contribution in [0.1, 0.15) is 22.3 Å². The second kappa shape index (κ2) is 4.57. The molecule has 0 spiro atoms. The minimum Gasteiger partial charge on any atom is -0.290 e. The van der Waals surface area contributed by atoms with E-state index >= 15 is 0 Å². The van der Waals surface area contributed by atoms with Gasteiger partial charge in [0.1, 0.15) is 0 Å². The van der Waals surface area contributed by atoms with Crippen molar-refractivity contribution in [3.63, 3.8) is 0 Å². The average Bonchev–Trinajstić information content (AvgIpc) is 3.09. The van der Waals surface area contributed by atoms with Crippen LogP contribution in [-0.4, -0.2) is 0 Å². The molecular weight excluding hydrogens is 248 g/mol. The third kappa shape index (κ3) is 1.81. The summed E-state index contributed by atoms with van der Waals surface area (Å²) in [5, 5.41) is 0. The van der Waals surface area contributed by atoms with Crippen molar-refractivity contribution in [1.29, 1.82) is 0 Å². The topological polar surface area (TPSA) is 18.5 Å². The monoisotopic (exact) mass is 262 g/mol. The van der Waals surface area contributed by atoms with Crippen molar-refractivity contribution in [2.45, 2.75) is 12.8 Å². The fraction of sp³-hybridized carbons (Fsp3) is 0.111. The molecule has 20 heavy (non-hydrogen) atoms. The summed E-state index contributed by atoms with van der Waals surface area (Å²) in [6, 6.07) is 16.5. The van der Waals surface area contributed by atoms with Crippen LogP contribution in [0.5, 0.6) is 0 Å². The smallest absolute Gasteiger partial charge is 0.182 e. The molecule has 0 radical (unpaired) electrons. The zero-order valence-electron chi connectivity index (χ0n) is 11.0. The van der Waals surface area contributed by atoms with E-state index in [1.807, 2.05) is 24.3 Å². The average molecular weight is 262 g/mol. The SMILES string of the molecule is C1=C(OOC2=CCc3ccccc32)c2ccccc2C1. The van der Waals surface area contributed by atoms with Gasteiger partial charge in [-0.3, -0.25) is 9.78 Å². The first-order valence-corrected chi connectivity index (χ1v) is 6.83. The maximum absolute atomic E-state index is 5.56. The van der Waals surface area contributed by atoms with Gasteiger partial charge in [0.25, 0.3) is 0 Å². The van der Waals surface area contributed by atoms with Gasteiger partial charge in [0.05, 0.1) is 0 Å². The lowest BCUT2D eigenvalue weighted by molar-refractivity contribution is -0.163. The van der Waals surface area contributed by atoms with Crippen molar-refractivity contribution in [3.05, 3.63) is 82.9 Å². The fourth-order valence-electron chi connectivity index (χ4n) is 2.75. The maximum Gasteiger partial charge on any atom is 0.182 e. The standard InChI is InChI=1S/C18H14O2/c1-3-7-15-13(5-1)9-11-17(15)19-20-18-12-10-14-6-2-4-8-16(14)18/h1-8,11-12H,9-10H2. The Bertz CT molecular complexity index is 662. The summed E-state index contributed by atoms with van der Waals surface area (Å²) in [7, 11) is 0. The lowest BCUT2D eigenvalue weighted by atomic mass is 10.1. The molecule has 0 N–H and O–H groups in total. The minimum atomic E-state index is 0.811. The number of fused-ring (bicyclic) bond motifs is 2. The largest absolute Gasteiger partial charge is 0.290 e. The van der Waals surface area contributed by atoms with E-state index in [1.165, 1.54) is 11.1 Å². The second-order valence-electron chi connectivity index (χ2n) is 5.03. The van der Waals surface area contributed by atoms with Crippen LogP contribution in [-0.2, 0) is 22.6 Å². The summed E-state index contributed by atoms with van der Waals surface area (Å²) in [6.45, 7) is 0. The van der Waals surface area contributed by atoms with Gasteiger partial charge in [-0.05, 0) is 36.1 Å². The van der Waals surface area contributed by atoms with Crippen molar-refractivity contribution >= 4 is 11.5 Å². The number of hydrogen-bond donors (Lipinski definition) is 0. The van der Waals surface area contributed by atoms with E-state index in [4.69, 9.17) is 9.78 Å². The first-order chi connectivity index (χ1) is 9.92. The highest BCUT2D eigenvalue weighted by Gasteiger charge is 2.19. The number of rotatable bonds is 3. The molecule has 0 unspecified atom stereocenters. The fourth-order valence-corrected chi connectivity index (χ4v) is 2.75. The van der Waals surface area contributed by atoms with Crippen molar-refractivity contribution in [2.75, 3.05) is 0 Å². The summed E-state index contributed by atoms with van der Waals surface area (Å²) in [5.74, 6) is 1.62. The molecule has 0 saturated heterocycles. The van der Waals surface area contributed by atoms with Gasteiger partial charge >= 0.3 is 0 Å². The molecule has 4 rings (SSSR count). The van der Waals surface area contributed by atoms with E-state index < -0.39 is 0 Å². The molecule has 0 bridgehead atoms. The van der Waals surface area contributed by atoms with Crippen LogP contribution in [0, 0.1) is 0 Å². The Morgan fingerprint density at radius 3 is 1.55 bits per heavy atom. The first-order valence-electron chi connectivity index (χ1n) is 6.83. The zero-order valence-corrected chi connectivity index (χ0v) is 11.0. The van der Waals surface area contributed by atoms with Gasteiger partial charge in [-0.25, -0.2) is 0 Å². The van der Waals surface area contributed by atoms with Gasteiger partial charge < -0.3 is 0 Å². The zero-order chi connectivity index (χ0) is 13.4. The predicted molar refractivity (Wildman–Crippen MR) is 78.4 cm³/mol. The highest BCUT2D eigenvalue weighted by molar-refractivity contribution is 5.70. The highest BCUT2D eigenvalue weighted by atomic mass is 17.2. The number of hydrogen-bond acceptors (Lipinski definition) is 2. The molecule has 0 aromatic heterocycles. The highest BCUT2D eigenvalue weighted by Crippen LogP contribution is 2.32. The predicted octanol–water partition coefficient (Wildman–Crippen LogP) is 4.13. The Kier molecular flexibility index (Phi) is 2.59. The quantitative estimate of drug-likeness (QED) is 0.611. The molecule has 0 aliphatic heterocycles. The Hall–Kier alpha value is -2.48. The van der Waals surface area contributed by atoms with Crippen LogP contribution in [0.2, 0.25) is 0 Å². The van der Waals surface area contributed by atoms with Crippen molar-refractivity contribution in [3.8, 4) is 0 Å². The Morgan fingerprint density at radius 1 is 0.600 bits per heavy atom. The van der Waals surface area contributed by atoms with Gasteiger partial charge in [-0.15, -0.1) is 0 Å². The van der Waals surface area contributed by atoms with Gasteiger partial charge in [-0.1, -0.05) is 48.5 Å². The van der Waals surface area contributed by atoms with Crippen LogP contribution in [0.3, 0.4) is 0 Å². The Labute approximate surface area is 117 Å². The molecule has 2 heteroatoms. The van der Waals surface area contributed by atoms with E-state index in [0.29, 0.717) is 0 Å². The van der Waals surface area contributed by atoms with Crippen molar-refractivity contribution in [2.24, 2.45) is 0 Å². The van der Waals surface area contributed by atoms with Crippen LogP contribution < -0.4 is 0 Å². The molecule has 0 fully saturated rings. The van der Waals surface area contributed by atoms with Crippen molar-refractivity contribution in [1.82, 2.24) is 0 Å². The van der Waals surface area contributed by atoms with Gasteiger partial charge in [0.15, 0.2) is 11.5 Å². The molecular formula is C18H14O2. The molecule has 0 saturated carbocycles. The molecule has 0 amide bonds. The van der Waals surface area contributed by atoms with Crippen molar-refractivity contribution < 1.29 is 9.78 Å². The summed E-state index contributed by atoms with van der Waals surface area (Å²) in [4.78, 5) is 11.1. The molecule has 2 aromatic carbocycles. The molecule has 2 nitrogen and oxygen atoms in total. The Morgan fingerprint density at radius 2 is 1.05 bits per heavy atom. The minimum absolute atomic E-state index is 0.811.